The van der Waals surface area contributed by atoms with Crippen LogP contribution < -0.4 is 5.73 Å². The smallest absolute Gasteiger partial charge is 0.0847 e. The Morgan fingerprint density at radius 1 is 1.35 bits per heavy atom. The molecule has 0 aromatic carbocycles. The molecule has 1 atom stereocenters. The lowest BCUT2D eigenvalue weighted by atomic mass is 10.2. The SMILES string of the molecule is CC#CCCOCC(N)CCCOCCc1cn[nH]n1. The first-order valence-corrected chi connectivity index (χ1v) is 6.98. The molecule has 6 nitrogen and oxygen atoms in total. The number of nitrogens with two attached hydrogens (primary N) is 1. The molecule has 0 radical (unpaired) electrons. The van der Waals surface area contributed by atoms with Crippen molar-refractivity contribution in [3.05, 3.63) is 11.9 Å². The van der Waals surface area contributed by atoms with E-state index >= 15 is 0 Å². The monoisotopic (exact) mass is 280 g/mol. The maximum atomic E-state index is 5.94. The van der Waals surface area contributed by atoms with E-state index in [0.717, 1.165) is 31.4 Å². The lowest BCUT2D eigenvalue weighted by Crippen LogP contribution is -2.26. The fraction of sp³-hybridized carbons (Fsp3) is 0.714. The van der Waals surface area contributed by atoms with Crippen molar-refractivity contribution in [1.82, 2.24) is 15.4 Å². The zero-order valence-electron chi connectivity index (χ0n) is 12.1. The molecule has 6 heteroatoms. The van der Waals surface area contributed by atoms with Gasteiger partial charge in [-0.2, -0.15) is 15.4 Å². The van der Waals surface area contributed by atoms with Crippen LogP contribution in [0.5, 0.6) is 0 Å². The van der Waals surface area contributed by atoms with Crippen molar-refractivity contribution in [2.75, 3.05) is 26.4 Å². The highest BCUT2D eigenvalue weighted by Gasteiger charge is 2.02. The van der Waals surface area contributed by atoms with E-state index in [9.17, 15) is 0 Å². The average molecular weight is 280 g/mol. The number of hydrogen-bond donors (Lipinski definition) is 2. The van der Waals surface area contributed by atoms with Crippen LogP contribution in [0.2, 0.25) is 0 Å². The number of H-pyrrole nitrogens is 1. The lowest BCUT2D eigenvalue weighted by Gasteiger charge is -2.11. The maximum Gasteiger partial charge on any atom is 0.0847 e. The van der Waals surface area contributed by atoms with Crippen LogP contribution in [0.25, 0.3) is 0 Å². The van der Waals surface area contributed by atoms with Crippen molar-refractivity contribution in [2.24, 2.45) is 5.73 Å². The number of nitrogens with zero attached hydrogens (tertiary/aromatic N) is 2. The molecule has 0 amide bonds. The average Bonchev–Trinajstić information content (AvgIpc) is 2.95. The van der Waals surface area contributed by atoms with Crippen molar-refractivity contribution in [1.29, 1.82) is 0 Å². The van der Waals surface area contributed by atoms with Crippen molar-refractivity contribution in [3.8, 4) is 11.8 Å². The van der Waals surface area contributed by atoms with Gasteiger partial charge < -0.3 is 15.2 Å². The van der Waals surface area contributed by atoms with Crippen LogP contribution in [0.1, 0.15) is 31.9 Å². The Bertz CT molecular complexity index is 384. The van der Waals surface area contributed by atoms with E-state index in [2.05, 4.69) is 27.3 Å². The molecule has 3 N–H and O–H groups in total. The van der Waals surface area contributed by atoms with Crippen LogP contribution in [0.3, 0.4) is 0 Å². The number of aromatic amines is 1. The van der Waals surface area contributed by atoms with Gasteiger partial charge in [0.2, 0.25) is 0 Å². The first-order valence-electron chi connectivity index (χ1n) is 6.98. The van der Waals surface area contributed by atoms with Gasteiger partial charge in [-0.25, -0.2) is 0 Å². The van der Waals surface area contributed by atoms with Crippen LogP contribution >= 0.6 is 0 Å². The Balaban J connectivity index is 1.86. The summed E-state index contributed by atoms with van der Waals surface area (Å²) in [5.74, 6) is 5.78. The van der Waals surface area contributed by atoms with E-state index in [0.29, 0.717) is 26.4 Å². The van der Waals surface area contributed by atoms with Crippen molar-refractivity contribution < 1.29 is 9.47 Å². The summed E-state index contributed by atoms with van der Waals surface area (Å²) in [7, 11) is 0. The van der Waals surface area contributed by atoms with Crippen molar-refractivity contribution in [2.45, 2.75) is 38.6 Å². The molecule has 0 saturated heterocycles. The third-order valence-electron chi connectivity index (χ3n) is 2.71. The largest absolute Gasteiger partial charge is 0.381 e. The Kier molecular flexibility index (Phi) is 9.49. The zero-order chi connectivity index (χ0) is 14.5. The van der Waals surface area contributed by atoms with Gasteiger partial charge in [0, 0.05) is 25.5 Å². The third kappa shape index (κ3) is 8.64. The van der Waals surface area contributed by atoms with E-state index in [1.165, 1.54) is 0 Å². The quantitative estimate of drug-likeness (QED) is 0.464. The Morgan fingerprint density at radius 3 is 3.00 bits per heavy atom. The molecule has 0 aliphatic heterocycles. The predicted octanol–water partition coefficient (Wildman–Crippen LogP) is 0.901. The summed E-state index contributed by atoms with van der Waals surface area (Å²) in [6.07, 6.45) is 5.11. The number of nitrogens with one attached hydrogen (secondary N) is 1. The van der Waals surface area contributed by atoms with Crippen LogP contribution in [-0.2, 0) is 15.9 Å². The highest BCUT2D eigenvalue weighted by molar-refractivity contribution is 4.94. The molecule has 0 aliphatic carbocycles. The summed E-state index contributed by atoms with van der Waals surface area (Å²) >= 11 is 0. The summed E-state index contributed by atoms with van der Waals surface area (Å²) in [6, 6.07) is 0.0729. The highest BCUT2D eigenvalue weighted by Crippen LogP contribution is 1.98. The summed E-state index contributed by atoms with van der Waals surface area (Å²) in [6.45, 7) is 4.45. The molecule has 0 fully saturated rings. The first-order chi connectivity index (χ1) is 9.83. The van der Waals surface area contributed by atoms with Crippen molar-refractivity contribution in [3.63, 3.8) is 0 Å². The predicted molar refractivity (Wildman–Crippen MR) is 77.0 cm³/mol. The molecular weight excluding hydrogens is 256 g/mol. The van der Waals surface area contributed by atoms with E-state index in [4.69, 9.17) is 15.2 Å². The summed E-state index contributed by atoms with van der Waals surface area (Å²) in [5.41, 5.74) is 6.86. The first kappa shape index (κ1) is 16.6. The third-order valence-corrected chi connectivity index (χ3v) is 2.71. The second-order valence-corrected chi connectivity index (χ2v) is 4.48. The Morgan fingerprint density at radius 2 is 2.25 bits per heavy atom. The van der Waals surface area contributed by atoms with Crippen LogP contribution in [-0.4, -0.2) is 47.9 Å². The summed E-state index contributed by atoms with van der Waals surface area (Å²) in [4.78, 5) is 0. The fourth-order valence-electron chi connectivity index (χ4n) is 1.64. The summed E-state index contributed by atoms with van der Waals surface area (Å²) < 4.78 is 11.0. The van der Waals surface area contributed by atoms with Crippen LogP contribution in [0.4, 0.5) is 0 Å². The molecule has 1 heterocycles. The Hall–Kier alpha value is -1.42. The van der Waals surface area contributed by atoms with E-state index in [-0.39, 0.29) is 6.04 Å². The van der Waals surface area contributed by atoms with Gasteiger partial charge >= 0.3 is 0 Å². The normalized spacial score (nSPS) is 11.9. The minimum absolute atomic E-state index is 0.0729. The summed E-state index contributed by atoms with van der Waals surface area (Å²) in [5, 5.41) is 10.3. The van der Waals surface area contributed by atoms with Crippen LogP contribution in [0.15, 0.2) is 6.20 Å². The minimum Gasteiger partial charge on any atom is -0.381 e. The number of aromatic nitrogens is 3. The van der Waals surface area contributed by atoms with Crippen LogP contribution in [0, 0.1) is 11.8 Å². The minimum atomic E-state index is 0.0729. The topological polar surface area (TPSA) is 86.0 Å². The van der Waals surface area contributed by atoms with Gasteiger partial charge in [-0.05, 0) is 19.8 Å². The highest BCUT2D eigenvalue weighted by atomic mass is 16.5. The van der Waals surface area contributed by atoms with E-state index < -0.39 is 0 Å². The second kappa shape index (κ2) is 11.4. The van der Waals surface area contributed by atoms with Gasteiger partial charge in [-0.1, -0.05) is 0 Å². The molecule has 1 rings (SSSR count). The molecular formula is C14H24N4O2. The molecule has 0 saturated carbocycles. The molecule has 0 spiro atoms. The van der Waals surface area contributed by atoms with E-state index in [1.807, 2.05) is 6.92 Å². The molecule has 20 heavy (non-hydrogen) atoms. The Labute approximate surface area is 120 Å². The fourth-order valence-corrected chi connectivity index (χ4v) is 1.64. The number of rotatable bonds is 11. The second-order valence-electron chi connectivity index (χ2n) is 4.48. The van der Waals surface area contributed by atoms with Crippen molar-refractivity contribution >= 4 is 0 Å². The van der Waals surface area contributed by atoms with Gasteiger partial charge in [0.1, 0.15) is 0 Å². The van der Waals surface area contributed by atoms with E-state index in [1.54, 1.807) is 6.20 Å². The zero-order valence-corrected chi connectivity index (χ0v) is 12.1. The molecule has 1 unspecified atom stereocenters. The molecule has 1 aromatic heterocycles. The van der Waals surface area contributed by atoms with Gasteiger partial charge in [0.25, 0.3) is 0 Å². The maximum absolute atomic E-state index is 5.94. The van der Waals surface area contributed by atoms with Gasteiger partial charge in [-0.3, -0.25) is 0 Å². The number of hydrogen-bond acceptors (Lipinski definition) is 5. The molecule has 112 valence electrons. The molecule has 0 bridgehead atoms. The molecule has 0 aliphatic rings. The van der Waals surface area contributed by atoms with Gasteiger partial charge in [0.15, 0.2) is 0 Å². The number of ether oxygens (including phenoxy) is 2. The van der Waals surface area contributed by atoms with Gasteiger partial charge in [-0.15, -0.1) is 11.8 Å². The molecule has 1 aromatic rings. The lowest BCUT2D eigenvalue weighted by molar-refractivity contribution is 0.109. The van der Waals surface area contributed by atoms with Gasteiger partial charge in [0.05, 0.1) is 31.7 Å². The standard InChI is InChI=1S/C14H24N4O2/c1-2-3-4-8-20-12-13(15)6-5-9-19-10-7-14-11-16-18-17-14/h11,13H,4-10,12,15H2,1H3,(H,16,17,18).